The first-order valence-electron chi connectivity index (χ1n) is 48.4. The molecule has 0 aliphatic carbocycles. The first-order valence-corrected chi connectivity index (χ1v) is 41.4. The van der Waals surface area contributed by atoms with Gasteiger partial charge in [0.05, 0.1) is 91.3 Å². The molecule has 124 heavy (non-hydrogen) atoms. The van der Waals surface area contributed by atoms with Crippen molar-refractivity contribution in [2.75, 3.05) is 19.6 Å². The Morgan fingerprint density at radius 3 is 1.05 bits per heavy atom. The van der Waals surface area contributed by atoms with E-state index in [0.717, 1.165) is 98.7 Å². The van der Waals surface area contributed by atoms with Crippen LogP contribution in [-0.2, 0) is 0 Å². The summed E-state index contributed by atoms with van der Waals surface area (Å²) in [5.41, 5.74) is 17.5. The van der Waals surface area contributed by atoms with Gasteiger partial charge in [0.2, 0.25) is 0 Å². The highest BCUT2D eigenvalue weighted by atomic mass is 16.3. The number of furan rings is 2. The Kier molecular flexibility index (Phi) is 12.0. The van der Waals surface area contributed by atoms with E-state index in [2.05, 4.69) is 123 Å². The van der Waals surface area contributed by atoms with Crippen molar-refractivity contribution in [2.24, 2.45) is 0 Å². The summed E-state index contributed by atoms with van der Waals surface area (Å²) in [4.78, 5) is 8.29. The fourth-order valence-electron chi connectivity index (χ4n) is 20.4. The Morgan fingerprint density at radius 1 is 0.266 bits per heavy atom. The molecule has 0 saturated heterocycles. The van der Waals surface area contributed by atoms with E-state index in [1.165, 1.54) is 0 Å². The molecule has 0 spiro atoms. The Bertz CT molecular complexity index is 9020. The third-order valence-electron chi connectivity index (χ3n) is 25.3. The van der Waals surface area contributed by atoms with E-state index in [1.54, 1.807) is 18.9 Å². The van der Waals surface area contributed by atoms with Gasteiger partial charge in [0.1, 0.15) is 22.3 Å². The zero-order valence-corrected chi connectivity index (χ0v) is 65.9. The van der Waals surface area contributed by atoms with Gasteiger partial charge < -0.3 is 42.0 Å². The van der Waals surface area contributed by atoms with Crippen molar-refractivity contribution in [3.8, 4) is 33.6 Å². The maximum Gasteiger partial charge on any atom is 0.252 e. The first-order chi connectivity index (χ1) is 67.4. The maximum atomic E-state index is 10.8. The molecular formula is C114H70BN7O2. The lowest BCUT2D eigenvalue weighted by Gasteiger charge is -2.46. The van der Waals surface area contributed by atoms with Crippen LogP contribution >= 0.6 is 0 Å². The Balaban J connectivity index is 0.853. The standard InChI is InChI=1S/C114H70BN7O2/c1-7-31-71(32-8-1)81-59-65-103-105(87-47-23-29-53-101(87)123-103)110(81)121-99-69-79(118-93-49-25-19-43-83(93)89-67-77(57-63-97(89)118)116(73-35-11-3-12-36-73)74-37-13-4-14-38-74)55-61-91(99)115-92-62-56-80(119-94-50-26-20-44-84(94)90-68-78(58-64-98(90)119)117(75-39-15-5-16-40-75)76-41-17-6-18-42-76)70-100(92)122(111-82(72-33-9-2-10-34-72)60-66-104-106(111)88-48-24-30-54-102(88)124-104)114-108-86-46-22-28-52-96(86)120-95-51-27-21-45-85(95)107(112(108)120)113(121)109(114)115/h1-70H/i19D,20D,25D,26D,43D,44D,49D,50D,57D,58D,63D,64D,67D,68D. The monoisotopic (exact) mass is 1590 g/mol. The van der Waals surface area contributed by atoms with E-state index in [1.807, 2.05) is 231 Å². The highest BCUT2D eigenvalue weighted by molar-refractivity contribution is 7.01. The van der Waals surface area contributed by atoms with E-state index in [9.17, 15) is 19.2 Å². The van der Waals surface area contributed by atoms with Crippen LogP contribution in [0.3, 0.4) is 0 Å². The minimum atomic E-state index is -0.884. The van der Waals surface area contributed by atoms with Crippen LogP contribution in [0.5, 0.6) is 0 Å². The van der Waals surface area contributed by atoms with Crippen LogP contribution in [0.1, 0.15) is 19.2 Å². The average molecular weight is 1590 g/mol. The smallest absolute Gasteiger partial charge is 0.252 e. The van der Waals surface area contributed by atoms with Gasteiger partial charge >= 0.3 is 0 Å². The molecule has 0 radical (unpaired) electrons. The molecular weight excluding hydrogens is 1510 g/mol. The van der Waals surface area contributed by atoms with Gasteiger partial charge in [-0.3, -0.25) is 0 Å². The van der Waals surface area contributed by atoms with Crippen LogP contribution in [-0.4, -0.2) is 20.2 Å². The number of aromatic nitrogens is 3. The summed E-state index contributed by atoms with van der Waals surface area (Å²) in [6.45, 7) is -0.884. The summed E-state index contributed by atoms with van der Waals surface area (Å²) in [7, 11) is 0. The van der Waals surface area contributed by atoms with E-state index in [4.69, 9.17) is 8.83 Å². The van der Waals surface area contributed by atoms with Crippen molar-refractivity contribution in [1.82, 2.24) is 13.5 Å². The lowest BCUT2D eigenvalue weighted by atomic mass is 9.33. The van der Waals surface area contributed by atoms with Gasteiger partial charge in [-0.2, -0.15) is 0 Å². The number of para-hydroxylation sites is 10. The second-order valence-electron chi connectivity index (χ2n) is 31.8. The van der Waals surface area contributed by atoms with Crippen molar-refractivity contribution >= 4 is 217 Å². The molecule has 10 heteroatoms. The van der Waals surface area contributed by atoms with Crippen LogP contribution in [0.4, 0.5) is 68.2 Å². The molecule has 27 rings (SSSR count). The third kappa shape index (κ3) is 9.75. The van der Waals surface area contributed by atoms with Crippen LogP contribution in [0.2, 0.25) is 0 Å². The summed E-state index contributed by atoms with van der Waals surface area (Å²) in [5, 5.41) is 6.64. The molecule has 25 aromatic rings. The highest BCUT2D eigenvalue weighted by Crippen LogP contribution is 2.60. The fourth-order valence-corrected chi connectivity index (χ4v) is 20.4. The molecule has 0 fully saturated rings. The molecule has 8 heterocycles. The molecule has 9 nitrogen and oxygen atoms in total. The minimum Gasteiger partial charge on any atom is -0.456 e. The van der Waals surface area contributed by atoms with Gasteiger partial charge in [-0.25, -0.2) is 0 Å². The second kappa shape index (κ2) is 26.5. The van der Waals surface area contributed by atoms with E-state index in [0.29, 0.717) is 90.1 Å². The van der Waals surface area contributed by atoms with Gasteiger partial charge in [0.15, 0.2) is 0 Å². The van der Waals surface area contributed by atoms with Crippen molar-refractivity contribution in [2.45, 2.75) is 0 Å². The largest absolute Gasteiger partial charge is 0.456 e. The predicted molar refractivity (Wildman–Crippen MR) is 519 cm³/mol. The molecule has 2 aliphatic rings. The van der Waals surface area contributed by atoms with Crippen LogP contribution in [0.25, 0.3) is 159 Å². The molecule has 19 aromatic carbocycles. The van der Waals surface area contributed by atoms with E-state index >= 15 is 0 Å². The molecule has 0 saturated carbocycles. The first kappa shape index (κ1) is 56.0. The molecule has 0 unspecified atom stereocenters. The Labute approximate surface area is 732 Å². The maximum absolute atomic E-state index is 10.8. The lowest BCUT2D eigenvalue weighted by Crippen LogP contribution is -2.61. The number of fused-ring (bicyclic) bond motifs is 24. The summed E-state index contributed by atoms with van der Waals surface area (Å²) >= 11 is 0. The van der Waals surface area contributed by atoms with Gasteiger partial charge in [-0.15, -0.1) is 0 Å². The Morgan fingerprint density at radius 2 is 0.629 bits per heavy atom. The summed E-state index contributed by atoms with van der Waals surface area (Å²) in [6.07, 6.45) is 0. The molecule has 0 bridgehead atoms. The molecule has 576 valence electrons. The number of hydrogen-bond acceptors (Lipinski definition) is 6. The second-order valence-corrected chi connectivity index (χ2v) is 31.8. The zero-order valence-electron chi connectivity index (χ0n) is 79.9. The van der Waals surface area contributed by atoms with Crippen LogP contribution in [0, 0.1) is 0 Å². The van der Waals surface area contributed by atoms with Crippen molar-refractivity contribution in [3.05, 3.63) is 424 Å². The molecule has 0 N–H and O–H groups in total. The van der Waals surface area contributed by atoms with Crippen LogP contribution in [0.15, 0.2) is 433 Å². The molecule has 2 aliphatic heterocycles. The summed E-state index contributed by atoms with van der Waals surface area (Å²) in [5.74, 6) is 0. The van der Waals surface area contributed by atoms with Crippen molar-refractivity contribution in [3.63, 3.8) is 0 Å². The van der Waals surface area contributed by atoms with Gasteiger partial charge in [-0.05, 0) is 197 Å². The normalized spacial score (nSPS) is 14.2. The summed E-state index contributed by atoms with van der Waals surface area (Å²) < 4.78 is 164. The van der Waals surface area contributed by atoms with Gasteiger partial charge in [-0.1, -0.05) is 255 Å². The lowest BCUT2D eigenvalue weighted by molar-refractivity contribution is 0.668. The average Bonchev–Trinajstić information content (AvgIpc) is 1.43. The van der Waals surface area contributed by atoms with Gasteiger partial charge in [0, 0.05) is 122 Å². The Hall–Kier alpha value is -16.6. The topological polar surface area (TPSA) is 53.5 Å². The van der Waals surface area contributed by atoms with E-state index < -0.39 is 55.1 Å². The highest BCUT2D eigenvalue weighted by Gasteiger charge is 2.49. The summed E-state index contributed by atoms with van der Waals surface area (Å²) in [6, 6.07) is 105. The van der Waals surface area contributed by atoms with Gasteiger partial charge in [0.25, 0.3) is 6.71 Å². The number of nitrogens with zero attached hydrogens (tertiary/aromatic N) is 7. The van der Waals surface area contributed by atoms with E-state index in [-0.39, 0.29) is 91.2 Å². The van der Waals surface area contributed by atoms with Crippen molar-refractivity contribution < 1.29 is 28.0 Å². The minimum absolute atomic E-state index is 0.00314. The fraction of sp³-hybridized carbons (Fsp3) is 0. The van der Waals surface area contributed by atoms with Crippen molar-refractivity contribution in [1.29, 1.82) is 0 Å². The zero-order chi connectivity index (χ0) is 93.1. The predicted octanol–water partition coefficient (Wildman–Crippen LogP) is 29.2. The number of anilines is 12. The SMILES string of the molecule is [2H]c1c([2H])c([2H])c2c(c1[2H])c1c([2H])c(N(c3ccccc3)c3ccccc3)c([2H])c([2H])c1n2-c1ccc2c(c1)N(c1c(-c3ccccc3)ccc3oc4ccccc4c13)c1c3c(c4c5ccccc5n5c6ccccc6c1c45)N(c1c(-c4ccccc4)ccc4oc5ccccc5c14)c1cc(-n4c5c([2H])c([2H])c([2H])c([2H])c5c5c([2H])c(N(c6ccccc6)c6ccccc6)c([2H])c([2H])c54)ccc1B23. The number of benzene rings is 19. The number of rotatable bonds is 12. The molecule has 0 amide bonds. The van der Waals surface area contributed by atoms with Crippen LogP contribution < -0.4 is 36.0 Å². The number of hydrogen-bond donors (Lipinski definition) is 0. The third-order valence-corrected chi connectivity index (χ3v) is 25.3. The molecule has 6 aromatic heterocycles. The quantitative estimate of drug-likeness (QED) is 0.114. The molecule has 0 atom stereocenters.